The summed E-state index contributed by atoms with van der Waals surface area (Å²) in [7, 11) is -0.931. The lowest BCUT2D eigenvalue weighted by molar-refractivity contribution is 0.188. The lowest BCUT2D eigenvalue weighted by Gasteiger charge is -2.31. The molecule has 0 aromatic heterocycles. The van der Waals surface area contributed by atoms with Crippen LogP contribution in [0.15, 0.2) is 12.2 Å². The van der Waals surface area contributed by atoms with Gasteiger partial charge in [0.2, 0.25) is 0 Å². The molecule has 2 rings (SSSR count). The average Bonchev–Trinajstić information content (AvgIpc) is 2.59. The van der Waals surface area contributed by atoms with E-state index in [9.17, 15) is 0 Å². The second-order valence-corrected chi connectivity index (χ2v) is 12.9. The minimum atomic E-state index is -0.931. The van der Waals surface area contributed by atoms with E-state index in [1.165, 1.54) is 56.8 Å². The molecule has 0 spiro atoms. The van der Waals surface area contributed by atoms with Crippen LogP contribution in [0.3, 0.4) is 0 Å². The zero-order valence-corrected chi connectivity index (χ0v) is 13.0. The molecule has 17 heavy (non-hydrogen) atoms. The predicted octanol–water partition coefficient (Wildman–Crippen LogP) is 4.15. The van der Waals surface area contributed by atoms with Gasteiger partial charge in [-0.15, -0.1) is 0 Å². The fraction of sp³-hybridized carbons (Fsp3) is 0.867. The number of nitrogens with zero attached hydrogens (tertiary/aromatic N) is 1. The van der Waals surface area contributed by atoms with Crippen molar-refractivity contribution in [2.75, 3.05) is 13.1 Å². The highest BCUT2D eigenvalue weighted by Gasteiger charge is 2.33. The molecule has 0 radical (unpaired) electrons. The van der Waals surface area contributed by atoms with Crippen LogP contribution >= 0.6 is 0 Å². The molecular weight excluding hydrogens is 222 g/mol. The Labute approximate surface area is 108 Å². The standard InChI is InChI=1S/C15H29NSi/c1-13-10-16(15-8-6-5-7-9-15)11-14(13)12-17(2,3)4/h14-15H,1,5-12H2,2-4H3. The van der Waals surface area contributed by atoms with Gasteiger partial charge >= 0.3 is 0 Å². The van der Waals surface area contributed by atoms with Crippen LogP contribution in [-0.4, -0.2) is 32.1 Å². The van der Waals surface area contributed by atoms with Crippen LogP contribution in [0.25, 0.3) is 0 Å². The van der Waals surface area contributed by atoms with Crippen LogP contribution in [-0.2, 0) is 0 Å². The Morgan fingerprint density at radius 2 is 1.82 bits per heavy atom. The van der Waals surface area contributed by atoms with Crippen molar-refractivity contribution in [2.45, 2.75) is 63.8 Å². The number of likely N-dealkylation sites (tertiary alicyclic amines) is 1. The fourth-order valence-electron chi connectivity index (χ4n) is 3.54. The van der Waals surface area contributed by atoms with E-state index < -0.39 is 8.07 Å². The van der Waals surface area contributed by atoms with Crippen LogP contribution in [0.4, 0.5) is 0 Å². The van der Waals surface area contributed by atoms with Crippen LogP contribution < -0.4 is 0 Å². The molecule has 1 unspecified atom stereocenters. The Morgan fingerprint density at radius 1 is 1.18 bits per heavy atom. The first kappa shape index (κ1) is 13.4. The third-order valence-corrected chi connectivity index (χ3v) is 6.11. The topological polar surface area (TPSA) is 3.24 Å². The Balaban J connectivity index is 1.90. The van der Waals surface area contributed by atoms with Crippen molar-refractivity contribution in [1.29, 1.82) is 0 Å². The molecule has 1 saturated carbocycles. The van der Waals surface area contributed by atoms with Gasteiger partial charge in [0, 0.05) is 27.2 Å². The highest BCUT2D eigenvalue weighted by molar-refractivity contribution is 6.76. The Kier molecular flexibility index (Phi) is 4.14. The molecule has 2 fully saturated rings. The summed E-state index contributed by atoms with van der Waals surface area (Å²) in [4.78, 5) is 2.74. The van der Waals surface area contributed by atoms with E-state index in [1.54, 1.807) is 0 Å². The van der Waals surface area contributed by atoms with Crippen molar-refractivity contribution < 1.29 is 0 Å². The summed E-state index contributed by atoms with van der Waals surface area (Å²) in [5, 5.41) is 0. The third kappa shape index (κ3) is 3.69. The molecular formula is C15H29NSi. The van der Waals surface area contributed by atoms with E-state index in [1.807, 2.05) is 0 Å². The van der Waals surface area contributed by atoms with Gasteiger partial charge in [0.15, 0.2) is 0 Å². The number of hydrogen-bond acceptors (Lipinski definition) is 1. The third-order valence-electron chi connectivity index (χ3n) is 4.39. The van der Waals surface area contributed by atoms with Crippen molar-refractivity contribution in [3.63, 3.8) is 0 Å². The van der Waals surface area contributed by atoms with Gasteiger partial charge < -0.3 is 0 Å². The van der Waals surface area contributed by atoms with E-state index >= 15 is 0 Å². The van der Waals surface area contributed by atoms with Crippen molar-refractivity contribution in [1.82, 2.24) is 4.90 Å². The molecule has 1 nitrogen and oxygen atoms in total. The summed E-state index contributed by atoms with van der Waals surface area (Å²) >= 11 is 0. The van der Waals surface area contributed by atoms with Gasteiger partial charge in [0.25, 0.3) is 0 Å². The summed E-state index contributed by atoms with van der Waals surface area (Å²) in [6.07, 6.45) is 7.24. The van der Waals surface area contributed by atoms with E-state index in [0.29, 0.717) is 0 Å². The molecule has 0 amide bonds. The molecule has 0 N–H and O–H groups in total. The van der Waals surface area contributed by atoms with Crippen molar-refractivity contribution >= 4 is 8.07 Å². The summed E-state index contributed by atoms with van der Waals surface area (Å²) < 4.78 is 0. The first-order valence-corrected chi connectivity index (χ1v) is 11.1. The Hall–Kier alpha value is -0.0831. The first-order chi connectivity index (χ1) is 7.96. The largest absolute Gasteiger partial charge is 0.296 e. The second kappa shape index (κ2) is 5.27. The summed E-state index contributed by atoms with van der Waals surface area (Å²) in [5.41, 5.74) is 1.53. The molecule has 2 aliphatic rings. The molecule has 1 aliphatic heterocycles. The highest BCUT2D eigenvalue weighted by atomic mass is 28.3. The van der Waals surface area contributed by atoms with Crippen molar-refractivity contribution in [3.05, 3.63) is 12.2 Å². The molecule has 0 aromatic carbocycles. The van der Waals surface area contributed by atoms with Gasteiger partial charge in [0.05, 0.1) is 0 Å². The Bertz CT molecular complexity index is 273. The maximum atomic E-state index is 4.35. The fourth-order valence-corrected chi connectivity index (χ4v) is 5.44. The highest BCUT2D eigenvalue weighted by Crippen LogP contribution is 2.33. The normalized spacial score (nSPS) is 28.9. The monoisotopic (exact) mass is 251 g/mol. The quantitative estimate of drug-likeness (QED) is 0.538. The predicted molar refractivity (Wildman–Crippen MR) is 79.2 cm³/mol. The SMILES string of the molecule is C=C1CN(C2CCCCC2)CC1C[Si](C)(C)C. The minimum Gasteiger partial charge on any atom is -0.296 e. The number of rotatable bonds is 3. The first-order valence-electron chi connectivity index (χ1n) is 7.37. The molecule has 1 saturated heterocycles. The minimum absolute atomic E-state index is 0.809. The van der Waals surface area contributed by atoms with Gasteiger partial charge in [-0.3, -0.25) is 4.90 Å². The molecule has 98 valence electrons. The smallest absolute Gasteiger partial charge is 0.0449 e. The molecule has 2 heteroatoms. The second-order valence-electron chi connectivity index (χ2n) is 7.34. The molecule has 1 heterocycles. The van der Waals surface area contributed by atoms with Crippen LogP contribution in [0.2, 0.25) is 25.7 Å². The van der Waals surface area contributed by atoms with E-state index in [4.69, 9.17) is 0 Å². The van der Waals surface area contributed by atoms with Crippen LogP contribution in [0.1, 0.15) is 32.1 Å². The van der Waals surface area contributed by atoms with Gasteiger partial charge in [0.1, 0.15) is 0 Å². The number of hydrogen-bond donors (Lipinski definition) is 0. The average molecular weight is 251 g/mol. The summed E-state index contributed by atoms with van der Waals surface area (Å²) in [5.74, 6) is 0.809. The van der Waals surface area contributed by atoms with Crippen molar-refractivity contribution in [3.8, 4) is 0 Å². The van der Waals surface area contributed by atoms with Gasteiger partial charge in [-0.1, -0.05) is 51.1 Å². The molecule has 0 bridgehead atoms. The molecule has 1 aliphatic carbocycles. The van der Waals surface area contributed by atoms with E-state index in [2.05, 4.69) is 31.1 Å². The van der Waals surface area contributed by atoms with Crippen molar-refractivity contribution in [2.24, 2.45) is 5.92 Å². The maximum Gasteiger partial charge on any atom is 0.0449 e. The maximum absolute atomic E-state index is 4.35. The molecule has 0 aromatic rings. The van der Waals surface area contributed by atoms with Gasteiger partial charge in [-0.2, -0.15) is 0 Å². The van der Waals surface area contributed by atoms with Crippen LogP contribution in [0, 0.1) is 5.92 Å². The summed E-state index contributed by atoms with van der Waals surface area (Å²) in [6.45, 7) is 14.3. The van der Waals surface area contributed by atoms with E-state index in [0.717, 1.165) is 12.0 Å². The summed E-state index contributed by atoms with van der Waals surface area (Å²) in [6, 6.07) is 2.32. The van der Waals surface area contributed by atoms with Gasteiger partial charge in [-0.25, -0.2) is 0 Å². The molecule has 1 atom stereocenters. The van der Waals surface area contributed by atoms with Gasteiger partial charge in [-0.05, 0) is 24.8 Å². The Morgan fingerprint density at radius 3 is 2.41 bits per heavy atom. The van der Waals surface area contributed by atoms with E-state index in [-0.39, 0.29) is 0 Å². The lowest BCUT2D eigenvalue weighted by atomic mass is 9.94. The van der Waals surface area contributed by atoms with Crippen LogP contribution in [0.5, 0.6) is 0 Å². The zero-order chi connectivity index (χ0) is 12.5. The zero-order valence-electron chi connectivity index (χ0n) is 12.0. The lowest BCUT2D eigenvalue weighted by Crippen LogP contribution is -2.35.